The van der Waals surface area contributed by atoms with Gasteiger partial charge in [0, 0.05) is 14.7 Å². The largest absolute Gasteiger partial charge is 0.130 e. The molecular weight excluding hydrogens is 192 g/mol. The average Bonchev–Trinajstić information content (AvgIpc) is 2.03. The Kier molecular flexibility index (Phi) is 3.55. The van der Waals surface area contributed by atoms with E-state index in [1.54, 1.807) is 23.5 Å². The van der Waals surface area contributed by atoms with E-state index >= 15 is 0 Å². The molecule has 0 aliphatic rings. The highest BCUT2D eigenvalue weighted by atomic mass is 32.2. The molecule has 0 aromatic heterocycles. The van der Waals surface area contributed by atoms with Gasteiger partial charge in [-0.25, -0.2) is 0 Å². The Morgan fingerprint density at radius 2 is 1.45 bits per heavy atom. The van der Waals surface area contributed by atoms with Crippen LogP contribution in [-0.4, -0.2) is 12.5 Å². The maximum absolute atomic E-state index is 5.09. The highest BCUT2D eigenvalue weighted by Gasteiger charge is 1.96. The lowest BCUT2D eigenvalue weighted by molar-refractivity contribution is 1.24. The molecule has 1 aromatic rings. The highest BCUT2D eigenvalue weighted by Crippen LogP contribution is 2.25. The molecule has 0 spiro atoms. The van der Waals surface area contributed by atoms with Crippen LogP contribution in [0.1, 0.15) is 0 Å². The molecule has 0 unspecified atom stereocenters. The molecule has 0 atom stereocenters. The van der Waals surface area contributed by atoms with Crippen LogP contribution < -0.4 is 0 Å². The van der Waals surface area contributed by atoms with Gasteiger partial charge in [0.2, 0.25) is 0 Å². The standard InChI is InChI=1S/C8H9S3/c1-10-7-3-6(9)4-8(5-7)11-2/h3-5H,1-2H3. The Morgan fingerprint density at radius 3 is 1.82 bits per heavy atom. The van der Waals surface area contributed by atoms with Gasteiger partial charge in [-0.2, -0.15) is 0 Å². The third kappa shape index (κ3) is 2.58. The quantitative estimate of drug-likeness (QED) is 0.669. The van der Waals surface area contributed by atoms with Gasteiger partial charge in [0.15, 0.2) is 0 Å². The Hall–Kier alpha value is 0.140. The first kappa shape index (κ1) is 9.23. The van der Waals surface area contributed by atoms with E-state index in [1.165, 1.54) is 9.79 Å². The number of hydrogen-bond donors (Lipinski definition) is 0. The van der Waals surface area contributed by atoms with Crippen LogP contribution in [0.4, 0.5) is 0 Å². The van der Waals surface area contributed by atoms with Crippen molar-refractivity contribution in [1.82, 2.24) is 0 Å². The maximum Gasteiger partial charge on any atom is 0.0399 e. The Labute approximate surface area is 81.6 Å². The molecule has 0 heterocycles. The van der Waals surface area contributed by atoms with Crippen molar-refractivity contribution in [3.8, 4) is 0 Å². The molecule has 0 aliphatic carbocycles. The minimum absolute atomic E-state index is 0.932. The summed E-state index contributed by atoms with van der Waals surface area (Å²) >= 11 is 8.56. The molecule has 0 N–H and O–H groups in total. The predicted molar refractivity (Wildman–Crippen MR) is 55.9 cm³/mol. The SMILES string of the molecule is CSc1cc([S])cc(SC)c1. The molecule has 0 fully saturated rings. The third-order valence-corrected chi connectivity index (χ3v) is 2.97. The Bertz CT molecular complexity index is 223. The smallest absolute Gasteiger partial charge is 0.0399 e. The zero-order valence-electron chi connectivity index (χ0n) is 6.46. The van der Waals surface area contributed by atoms with E-state index in [4.69, 9.17) is 12.6 Å². The maximum atomic E-state index is 5.09. The summed E-state index contributed by atoms with van der Waals surface area (Å²) in [6.07, 6.45) is 4.13. The summed E-state index contributed by atoms with van der Waals surface area (Å²) < 4.78 is 0. The van der Waals surface area contributed by atoms with Crippen LogP contribution in [0, 0.1) is 0 Å². The molecule has 59 valence electrons. The molecular formula is C8H9S3. The summed E-state index contributed by atoms with van der Waals surface area (Å²) in [5, 5.41) is 0. The fourth-order valence-corrected chi connectivity index (χ4v) is 2.24. The topological polar surface area (TPSA) is 0 Å². The van der Waals surface area contributed by atoms with Crippen molar-refractivity contribution in [3.05, 3.63) is 18.2 Å². The highest BCUT2D eigenvalue weighted by molar-refractivity contribution is 7.99. The van der Waals surface area contributed by atoms with E-state index in [0.29, 0.717) is 0 Å². The molecule has 1 radical (unpaired) electrons. The molecule has 0 amide bonds. The second-order valence-corrected chi connectivity index (χ2v) is 4.28. The lowest BCUT2D eigenvalue weighted by Crippen LogP contribution is -1.74. The van der Waals surface area contributed by atoms with Crippen molar-refractivity contribution >= 4 is 36.2 Å². The van der Waals surface area contributed by atoms with Crippen LogP contribution in [0.3, 0.4) is 0 Å². The van der Waals surface area contributed by atoms with Gasteiger partial charge in [-0.05, 0) is 30.7 Å². The van der Waals surface area contributed by atoms with Gasteiger partial charge in [0.1, 0.15) is 0 Å². The van der Waals surface area contributed by atoms with E-state index in [0.717, 1.165) is 4.90 Å². The van der Waals surface area contributed by atoms with Crippen LogP contribution in [0.2, 0.25) is 0 Å². The van der Waals surface area contributed by atoms with Gasteiger partial charge in [0.25, 0.3) is 0 Å². The van der Waals surface area contributed by atoms with Crippen molar-refractivity contribution < 1.29 is 0 Å². The molecule has 3 heteroatoms. The summed E-state index contributed by atoms with van der Waals surface area (Å²) in [4.78, 5) is 3.44. The minimum Gasteiger partial charge on any atom is -0.130 e. The second-order valence-electron chi connectivity index (χ2n) is 2.05. The van der Waals surface area contributed by atoms with Crippen molar-refractivity contribution in [2.24, 2.45) is 0 Å². The first-order valence-electron chi connectivity index (χ1n) is 3.16. The number of benzene rings is 1. The fraction of sp³-hybridized carbons (Fsp3) is 0.250. The second kappa shape index (κ2) is 4.24. The van der Waals surface area contributed by atoms with E-state index in [9.17, 15) is 0 Å². The minimum atomic E-state index is 0.932. The molecule has 0 bridgehead atoms. The van der Waals surface area contributed by atoms with E-state index < -0.39 is 0 Å². The lowest BCUT2D eigenvalue weighted by Gasteiger charge is -2.00. The Morgan fingerprint density at radius 1 is 1.00 bits per heavy atom. The van der Waals surface area contributed by atoms with Crippen molar-refractivity contribution in [2.75, 3.05) is 12.5 Å². The summed E-state index contributed by atoms with van der Waals surface area (Å²) in [5.41, 5.74) is 0. The molecule has 0 aliphatic heterocycles. The zero-order chi connectivity index (χ0) is 8.27. The molecule has 0 saturated heterocycles. The monoisotopic (exact) mass is 201 g/mol. The molecule has 0 saturated carbocycles. The van der Waals surface area contributed by atoms with Crippen molar-refractivity contribution in [1.29, 1.82) is 0 Å². The molecule has 1 aromatic carbocycles. The van der Waals surface area contributed by atoms with Crippen molar-refractivity contribution in [2.45, 2.75) is 14.7 Å². The predicted octanol–water partition coefficient (Wildman–Crippen LogP) is 3.69. The molecule has 1 rings (SSSR count). The summed E-state index contributed by atoms with van der Waals surface area (Å²) in [5.74, 6) is 0. The van der Waals surface area contributed by atoms with Gasteiger partial charge < -0.3 is 0 Å². The molecule has 11 heavy (non-hydrogen) atoms. The van der Waals surface area contributed by atoms with Gasteiger partial charge in [0.05, 0.1) is 0 Å². The first-order chi connectivity index (χ1) is 5.26. The average molecular weight is 201 g/mol. The fourth-order valence-electron chi connectivity index (χ4n) is 0.781. The van der Waals surface area contributed by atoms with Crippen LogP contribution in [-0.2, 0) is 0 Å². The summed E-state index contributed by atoms with van der Waals surface area (Å²) in [6.45, 7) is 0. The lowest BCUT2D eigenvalue weighted by atomic mass is 10.4. The number of thioether (sulfide) groups is 2. The summed E-state index contributed by atoms with van der Waals surface area (Å²) in [7, 11) is 0. The number of rotatable bonds is 2. The zero-order valence-corrected chi connectivity index (χ0v) is 8.91. The van der Waals surface area contributed by atoms with E-state index in [2.05, 4.69) is 18.6 Å². The van der Waals surface area contributed by atoms with Gasteiger partial charge in [-0.1, -0.05) is 12.6 Å². The number of hydrogen-bond acceptors (Lipinski definition) is 2. The molecule has 0 nitrogen and oxygen atoms in total. The van der Waals surface area contributed by atoms with Crippen LogP contribution in [0.15, 0.2) is 32.9 Å². The van der Waals surface area contributed by atoms with E-state index in [1.807, 2.05) is 12.1 Å². The van der Waals surface area contributed by atoms with Crippen LogP contribution in [0.25, 0.3) is 0 Å². The van der Waals surface area contributed by atoms with Gasteiger partial charge in [-0.3, -0.25) is 0 Å². The first-order valence-corrected chi connectivity index (χ1v) is 6.02. The normalized spacial score (nSPS) is 10.0. The Balaban J connectivity index is 3.02. The summed E-state index contributed by atoms with van der Waals surface area (Å²) in [6, 6.07) is 6.21. The van der Waals surface area contributed by atoms with Crippen molar-refractivity contribution in [3.63, 3.8) is 0 Å². The van der Waals surface area contributed by atoms with Crippen LogP contribution >= 0.6 is 36.2 Å². The van der Waals surface area contributed by atoms with Crippen LogP contribution in [0.5, 0.6) is 0 Å². The van der Waals surface area contributed by atoms with E-state index in [-0.39, 0.29) is 0 Å². The third-order valence-electron chi connectivity index (χ3n) is 1.32. The van der Waals surface area contributed by atoms with Gasteiger partial charge in [-0.15, -0.1) is 23.5 Å². The van der Waals surface area contributed by atoms with Gasteiger partial charge >= 0.3 is 0 Å².